The summed E-state index contributed by atoms with van der Waals surface area (Å²) in [6.07, 6.45) is 0. The Labute approximate surface area is 62.6 Å². The Morgan fingerprint density at radius 1 is 1.70 bits per heavy atom. The number of hydrogen-bond donors (Lipinski definition) is 2. The molecule has 1 aliphatic heterocycles. The molecule has 1 heterocycles. The van der Waals surface area contributed by atoms with Crippen LogP contribution in [0.2, 0.25) is 0 Å². The van der Waals surface area contributed by atoms with Crippen LogP contribution in [0.1, 0.15) is 6.92 Å². The molecule has 0 radical (unpaired) electrons. The Kier molecular flexibility index (Phi) is 3.12. The monoisotopic (exact) mass is 143 g/mol. The minimum absolute atomic E-state index is 0.568. The molecule has 0 bridgehead atoms. The number of nitrogens with zero attached hydrogens (tertiary/aromatic N) is 1. The summed E-state index contributed by atoms with van der Waals surface area (Å²) in [5, 5.41) is 3.33. The van der Waals surface area contributed by atoms with Gasteiger partial charge in [-0.15, -0.1) is 0 Å². The first-order valence-electron chi connectivity index (χ1n) is 4.03. The molecule has 0 aromatic heterocycles. The third-order valence-electron chi connectivity index (χ3n) is 2.15. The molecule has 3 N–H and O–H groups in total. The van der Waals surface area contributed by atoms with Crippen molar-refractivity contribution in [3.05, 3.63) is 0 Å². The van der Waals surface area contributed by atoms with Gasteiger partial charge in [-0.25, -0.2) is 0 Å². The van der Waals surface area contributed by atoms with Crippen LogP contribution < -0.4 is 11.1 Å². The average molecular weight is 143 g/mol. The van der Waals surface area contributed by atoms with Gasteiger partial charge in [0.05, 0.1) is 0 Å². The van der Waals surface area contributed by atoms with Gasteiger partial charge in [0.15, 0.2) is 0 Å². The van der Waals surface area contributed by atoms with Gasteiger partial charge in [0, 0.05) is 32.2 Å². The molecule has 0 unspecified atom stereocenters. The lowest BCUT2D eigenvalue weighted by molar-refractivity contribution is 0.174. The van der Waals surface area contributed by atoms with E-state index >= 15 is 0 Å². The topological polar surface area (TPSA) is 41.3 Å². The van der Waals surface area contributed by atoms with E-state index in [1.54, 1.807) is 0 Å². The number of hydrogen-bond acceptors (Lipinski definition) is 3. The van der Waals surface area contributed by atoms with Gasteiger partial charge in [0.2, 0.25) is 0 Å². The maximum Gasteiger partial charge on any atom is 0.0343 e. The van der Waals surface area contributed by atoms with E-state index in [9.17, 15) is 0 Å². The molecule has 1 rings (SSSR count). The molecule has 0 amide bonds. The first-order chi connectivity index (χ1) is 4.88. The number of likely N-dealkylation sites (N-methyl/N-ethyl adjacent to an activating group) is 1. The summed E-state index contributed by atoms with van der Waals surface area (Å²) in [7, 11) is 0. The van der Waals surface area contributed by atoms with Gasteiger partial charge in [-0.05, 0) is 6.54 Å². The number of rotatable bonds is 2. The van der Waals surface area contributed by atoms with E-state index in [-0.39, 0.29) is 0 Å². The molecule has 0 aliphatic carbocycles. The molecule has 3 nitrogen and oxygen atoms in total. The predicted octanol–water partition coefficient (Wildman–Crippen LogP) is -0.761. The number of piperazine rings is 1. The molecule has 0 aromatic carbocycles. The molecule has 0 saturated carbocycles. The summed E-state index contributed by atoms with van der Waals surface area (Å²) in [6, 6.07) is 0.568. The summed E-state index contributed by atoms with van der Waals surface area (Å²) in [5.41, 5.74) is 5.59. The zero-order valence-corrected chi connectivity index (χ0v) is 6.64. The van der Waals surface area contributed by atoms with Crippen molar-refractivity contribution in [2.24, 2.45) is 5.73 Å². The fraction of sp³-hybridized carbons (Fsp3) is 1.00. The van der Waals surface area contributed by atoms with Crippen LogP contribution in [-0.4, -0.2) is 43.7 Å². The minimum atomic E-state index is 0.568. The second-order valence-electron chi connectivity index (χ2n) is 2.72. The van der Waals surface area contributed by atoms with Crippen LogP contribution in [0.5, 0.6) is 0 Å². The third-order valence-corrected chi connectivity index (χ3v) is 2.15. The van der Waals surface area contributed by atoms with E-state index in [1.165, 1.54) is 0 Å². The van der Waals surface area contributed by atoms with Crippen LogP contribution in [0.4, 0.5) is 0 Å². The van der Waals surface area contributed by atoms with Gasteiger partial charge in [-0.1, -0.05) is 6.92 Å². The highest BCUT2D eigenvalue weighted by molar-refractivity contribution is 4.78. The second-order valence-corrected chi connectivity index (χ2v) is 2.72. The molecule has 0 aromatic rings. The van der Waals surface area contributed by atoms with E-state index in [0.717, 1.165) is 32.7 Å². The average Bonchev–Trinajstić information content (AvgIpc) is 2.04. The van der Waals surface area contributed by atoms with Gasteiger partial charge >= 0.3 is 0 Å². The zero-order valence-electron chi connectivity index (χ0n) is 6.64. The molecule has 1 aliphatic rings. The third kappa shape index (κ3) is 1.68. The summed E-state index contributed by atoms with van der Waals surface area (Å²) in [4.78, 5) is 2.43. The fourth-order valence-corrected chi connectivity index (χ4v) is 1.45. The van der Waals surface area contributed by atoms with E-state index in [2.05, 4.69) is 17.1 Å². The van der Waals surface area contributed by atoms with E-state index in [1.807, 2.05) is 0 Å². The lowest BCUT2D eigenvalue weighted by Crippen LogP contribution is -2.54. The highest BCUT2D eigenvalue weighted by Crippen LogP contribution is 1.99. The smallest absolute Gasteiger partial charge is 0.0343 e. The first-order valence-corrected chi connectivity index (χ1v) is 4.03. The Hall–Kier alpha value is -0.120. The summed E-state index contributed by atoms with van der Waals surface area (Å²) in [6.45, 7) is 7.42. The highest BCUT2D eigenvalue weighted by Gasteiger charge is 2.17. The highest BCUT2D eigenvalue weighted by atomic mass is 15.2. The van der Waals surface area contributed by atoms with Crippen molar-refractivity contribution in [2.75, 3.05) is 32.7 Å². The minimum Gasteiger partial charge on any atom is -0.329 e. The zero-order chi connectivity index (χ0) is 7.40. The van der Waals surface area contributed by atoms with Gasteiger partial charge in [-0.3, -0.25) is 4.90 Å². The first kappa shape index (κ1) is 7.98. The van der Waals surface area contributed by atoms with Crippen molar-refractivity contribution in [1.29, 1.82) is 0 Å². The molecule has 1 saturated heterocycles. The van der Waals surface area contributed by atoms with Crippen molar-refractivity contribution in [3.63, 3.8) is 0 Å². The normalized spacial score (nSPS) is 28.8. The van der Waals surface area contributed by atoms with E-state index in [0.29, 0.717) is 6.04 Å². The lowest BCUT2D eigenvalue weighted by atomic mass is 10.2. The molecule has 0 spiro atoms. The van der Waals surface area contributed by atoms with Crippen LogP contribution in [0.25, 0.3) is 0 Å². The Morgan fingerprint density at radius 3 is 3.00 bits per heavy atom. The number of nitrogens with two attached hydrogens (primary N) is 1. The van der Waals surface area contributed by atoms with Crippen molar-refractivity contribution >= 4 is 0 Å². The molecule has 60 valence electrons. The standard InChI is InChI=1S/C7H17N3/c1-2-10-4-3-9-6-7(10)5-8/h7,9H,2-6,8H2,1H3/t7-/m1/s1. The maximum absolute atomic E-state index is 5.59. The van der Waals surface area contributed by atoms with Crippen LogP contribution in [0.3, 0.4) is 0 Å². The molecule has 1 atom stereocenters. The second kappa shape index (κ2) is 3.91. The largest absolute Gasteiger partial charge is 0.329 e. The van der Waals surface area contributed by atoms with Crippen LogP contribution in [0.15, 0.2) is 0 Å². The van der Waals surface area contributed by atoms with Gasteiger partial charge < -0.3 is 11.1 Å². The van der Waals surface area contributed by atoms with Crippen molar-refractivity contribution in [3.8, 4) is 0 Å². The Bertz CT molecular complexity index is 82.9. The maximum atomic E-state index is 5.59. The summed E-state index contributed by atoms with van der Waals surface area (Å²) >= 11 is 0. The molecule has 1 fully saturated rings. The quantitative estimate of drug-likeness (QED) is 0.534. The Balaban J connectivity index is 2.34. The van der Waals surface area contributed by atoms with Gasteiger partial charge in [0.1, 0.15) is 0 Å². The van der Waals surface area contributed by atoms with E-state index < -0.39 is 0 Å². The summed E-state index contributed by atoms with van der Waals surface area (Å²) < 4.78 is 0. The summed E-state index contributed by atoms with van der Waals surface area (Å²) in [5.74, 6) is 0. The van der Waals surface area contributed by atoms with Crippen molar-refractivity contribution in [2.45, 2.75) is 13.0 Å². The van der Waals surface area contributed by atoms with Crippen molar-refractivity contribution in [1.82, 2.24) is 10.2 Å². The fourth-order valence-electron chi connectivity index (χ4n) is 1.45. The van der Waals surface area contributed by atoms with Crippen LogP contribution >= 0.6 is 0 Å². The van der Waals surface area contributed by atoms with Gasteiger partial charge in [0.25, 0.3) is 0 Å². The van der Waals surface area contributed by atoms with Crippen LogP contribution in [0, 0.1) is 0 Å². The lowest BCUT2D eigenvalue weighted by Gasteiger charge is -2.34. The Morgan fingerprint density at radius 2 is 2.50 bits per heavy atom. The molecule has 10 heavy (non-hydrogen) atoms. The SMILES string of the molecule is CCN1CCNC[C@H]1CN. The van der Waals surface area contributed by atoms with Crippen molar-refractivity contribution < 1.29 is 0 Å². The van der Waals surface area contributed by atoms with Crippen LogP contribution in [-0.2, 0) is 0 Å². The molecular weight excluding hydrogens is 126 g/mol. The molecule has 3 heteroatoms. The molecular formula is C7H17N3. The van der Waals surface area contributed by atoms with Gasteiger partial charge in [-0.2, -0.15) is 0 Å². The predicted molar refractivity (Wildman–Crippen MR) is 43.0 cm³/mol. The number of nitrogens with one attached hydrogen (secondary N) is 1. The van der Waals surface area contributed by atoms with E-state index in [4.69, 9.17) is 5.73 Å².